The van der Waals surface area contributed by atoms with Crippen LogP contribution in [0.3, 0.4) is 0 Å². The van der Waals surface area contributed by atoms with E-state index in [1.807, 2.05) is 17.5 Å². The summed E-state index contributed by atoms with van der Waals surface area (Å²) in [6.07, 6.45) is 0. The average Bonchev–Trinajstić information content (AvgIpc) is 2.90. The Hall–Kier alpha value is -1.81. The van der Waals surface area contributed by atoms with E-state index in [0.717, 1.165) is 4.88 Å². The molecule has 1 aromatic carbocycles. The maximum Gasteiger partial charge on any atom is 0.203 e. The number of benzene rings is 1. The maximum absolute atomic E-state index is 12.1. The van der Waals surface area contributed by atoms with Gasteiger partial charge in [0.15, 0.2) is 11.5 Å². The van der Waals surface area contributed by atoms with Gasteiger partial charge in [-0.2, -0.15) is 0 Å². The van der Waals surface area contributed by atoms with Crippen LogP contribution in [-0.4, -0.2) is 20.0 Å². The van der Waals surface area contributed by atoms with E-state index in [0.29, 0.717) is 17.1 Å². The van der Waals surface area contributed by atoms with Crippen molar-refractivity contribution in [3.63, 3.8) is 0 Å². The Labute approximate surface area is 104 Å². The highest BCUT2D eigenvalue weighted by atomic mass is 32.1. The maximum atomic E-state index is 12.1. The van der Waals surface area contributed by atoms with Gasteiger partial charge in [0, 0.05) is 5.56 Å². The van der Waals surface area contributed by atoms with Gasteiger partial charge in [-0.3, -0.25) is 4.79 Å². The first-order valence-electron chi connectivity index (χ1n) is 5.06. The van der Waals surface area contributed by atoms with Crippen LogP contribution in [0.1, 0.15) is 15.2 Å². The molecule has 88 valence electrons. The van der Waals surface area contributed by atoms with Gasteiger partial charge in [0.2, 0.25) is 5.78 Å². The SMILES string of the molecule is COc1ccc(C(=O)c2cccs2)cc1OC. The van der Waals surface area contributed by atoms with E-state index in [9.17, 15) is 4.79 Å². The Balaban J connectivity index is 2.37. The molecule has 2 rings (SSSR count). The lowest BCUT2D eigenvalue weighted by molar-refractivity contribution is 0.104. The Kier molecular flexibility index (Phi) is 3.44. The Morgan fingerprint density at radius 3 is 2.47 bits per heavy atom. The molecule has 0 aliphatic carbocycles. The lowest BCUT2D eigenvalue weighted by Crippen LogP contribution is -2.00. The summed E-state index contributed by atoms with van der Waals surface area (Å²) in [5, 5.41) is 1.88. The minimum Gasteiger partial charge on any atom is -0.493 e. The van der Waals surface area contributed by atoms with Crippen LogP contribution in [0.4, 0.5) is 0 Å². The second-order valence-corrected chi connectivity index (χ2v) is 4.32. The monoisotopic (exact) mass is 248 g/mol. The molecule has 0 saturated carbocycles. The molecule has 0 radical (unpaired) electrons. The van der Waals surface area contributed by atoms with Crippen LogP contribution in [-0.2, 0) is 0 Å². The first-order chi connectivity index (χ1) is 8.26. The van der Waals surface area contributed by atoms with Crippen molar-refractivity contribution in [1.82, 2.24) is 0 Å². The van der Waals surface area contributed by atoms with Crippen LogP contribution in [0.25, 0.3) is 0 Å². The lowest BCUT2D eigenvalue weighted by atomic mass is 10.1. The molecule has 0 spiro atoms. The minimum atomic E-state index is 0.000882. The number of ketones is 1. The summed E-state index contributed by atoms with van der Waals surface area (Å²) in [6, 6.07) is 8.84. The summed E-state index contributed by atoms with van der Waals surface area (Å²) in [5.41, 5.74) is 0.602. The van der Waals surface area contributed by atoms with Crippen molar-refractivity contribution >= 4 is 17.1 Å². The molecule has 4 heteroatoms. The number of thiophene rings is 1. The van der Waals surface area contributed by atoms with E-state index in [4.69, 9.17) is 9.47 Å². The fourth-order valence-electron chi connectivity index (χ4n) is 1.53. The highest BCUT2D eigenvalue weighted by Gasteiger charge is 2.13. The number of carbonyl (C=O) groups excluding carboxylic acids is 1. The molecular weight excluding hydrogens is 236 g/mol. The van der Waals surface area contributed by atoms with Crippen molar-refractivity contribution in [2.75, 3.05) is 14.2 Å². The van der Waals surface area contributed by atoms with Crippen molar-refractivity contribution < 1.29 is 14.3 Å². The molecule has 0 saturated heterocycles. The van der Waals surface area contributed by atoms with E-state index in [-0.39, 0.29) is 5.78 Å². The second-order valence-electron chi connectivity index (χ2n) is 3.38. The molecule has 2 aromatic rings. The predicted octanol–water partition coefficient (Wildman–Crippen LogP) is 3.00. The van der Waals surface area contributed by atoms with Crippen molar-refractivity contribution in [2.24, 2.45) is 0 Å². The number of ether oxygens (including phenoxy) is 2. The molecule has 0 amide bonds. The molecule has 0 atom stereocenters. The number of rotatable bonds is 4. The van der Waals surface area contributed by atoms with E-state index < -0.39 is 0 Å². The molecule has 0 aliphatic heterocycles. The van der Waals surface area contributed by atoms with Gasteiger partial charge >= 0.3 is 0 Å². The topological polar surface area (TPSA) is 35.5 Å². The summed E-state index contributed by atoms with van der Waals surface area (Å²) < 4.78 is 10.3. The first-order valence-corrected chi connectivity index (χ1v) is 5.94. The zero-order valence-corrected chi connectivity index (χ0v) is 10.4. The normalized spacial score (nSPS) is 10.0. The van der Waals surface area contributed by atoms with Gasteiger partial charge in [-0.25, -0.2) is 0 Å². The molecule has 0 unspecified atom stereocenters. The highest BCUT2D eigenvalue weighted by Crippen LogP contribution is 2.28. The van der Waals surface area contributed by atoms with Crippen LogP contribution >= 0.6 is 11.3 Å². The molecule has 1 aromatic heterocycles. The second kappa shape index (κ2) is 5.01. The average molecular weight is 248 g/mol. The molecule has 0 aliphatic rings. The van der Waals surface area contributed by atoms with E-state index in [2.05, 4.69) is 0 Å². The number of hydrogen-bond donors (Lipinski definition) is 0. The smallest absolute Gasteiger partial charge is 0.203 e. The van der Waals surface area contributed by atoms with Gasteiger partial charge in [0.25, 0.3) is 0 Å². The van der Waals surface area contributed by atoms with Crippen LogP contribution in [0.5, 0.6) is 11.5 Å². The van der Waals surface area contributed by atoms with E-state index in [1.54, 1.807) is 32.4 Å². The molecule has 0 N–H and O–H groups in total. The number of hydrogen-bond acceptors (Lipinski definition) is 4. The van der Waals surface area contributed by atoms with Crippen molar-refractivity contribution in [3.8, 4) is 11.5 Å². The van der Waals surface area contributed by atoms with Crippen LogP contribution in [0, 0.1) is 0 Å². The molecule has 1 heterocycles. The van der Waals surface area contributed by atoms with Crippen molar-refractivity contribution in [1.29, 1.82) is 0 Å². The third-order valence-electron chi connectivity index (χ3n) is 2.39. The van der Waals surface area contributed by atoms with Gasteiger partial charge in [-0.15, -0.1) is 11.3 Å². The fraction of sp³-hybridized carbons (Fsp3) is 0.154. The molecule has 17 heavy (non-hydrogen) atoms. The minimum absolute atomic E-state index is 0.000882. The summed E-state index contributed by atoms with van der Waals surface area (Å²) in [4.78, 5) is 12.8. The summed E-state index contributed by atoms with van der Waals surface area (Å²) in [6.45, 7) is 0. The van der Waals surface area contributed by atoms with E-state index >= 15 is 0 Å². The zero-order chi connectivity index (χ0) is 12.3. The summed E-state index contributed by atoms with van der Waals surface area (Å²) in [7, 11) is 3.12. The van der Waals surface area contributed by atoms with Gasteiger partial charge < -0.3 is 9.47 Å². The van der Waals surface area contributed by atoms with Gasteiger partial charge in [-0.05, 0) is 29.6 Å². The lowest BCUT2D eigenvalue weighted by Gasteiger charge is -2.08. The third kappa shape index (κ3) is 2.31. The molecule has 0 fully saturated rings. The number of carbonyl (C=O) groups is 1. The Bertz CT molecular complexity index is 517. The van der Waals surface area contributed by atoms with Crippen LogP contribution in [0.2, 0.25) is 0 Å². The van der Waals surface area contributed by atoms with E-state index in [1.165, 1.54) is 11.3 Å². The third-order valence-corrected chi connectivity index (χ3v) is 3.26. The highest BCUT2D eigenvalue weighted by molar-refractivity contribution is 7.12. The number of methoxy groups -OCH3 is 2. The predicted molar refractivity (Wildman–Crippen MR) is 67.3 cm³/mol. The van der Waals surface area contributed by atoms with Crippen LogP contribution < -0.4 is 9.47 Å². The zero-order valence-electron chi connectivity index (χ0n) is 9.60. The quantitative estimate of drug-likeness (QED) is 0.780. The van der Waals surface area contributed by atoms with Crippen molar-refractivity contribution in [2.45, 2.75) is 0 Å². The van der Waals surface area contributed by atoms with Gasteiger partial charge in [0.05, 0.1) is 19.1 Å². The van der Waals surface area contributed by atoms with Gasteiger partial charge in [0.1, 0.15) is 0 Å². The molecular formula is C13H12O3S. The Morgan fingerprint density at radius 2 is 1.88 bits per heavy atom. The van der Waals surface area contributed by atoms with Gasteiger partial charge in [-0.1, -0.05) is 6.07 Å². The summed E-state index contributed by atoms with van der Waals surface area (Å²) in [5.74, 6) is 1.19. The summed E-state index contributed by atoms with van der Waals surface area (Å²) >= 11 is 1.43. The standard InChI is InChI=1S/C13H12O3S/c1-15-10-6-5-9(8-11(10)16-2)13(14)12-4-3-7-17-12/h3-8H,1-2H3. The molecule has 0 bridgehead atoms. The first kappa shape index (κ1) is 11.7. The molecule has 3 nitrogen and oxygen atoms in total. The Morgan fingerprint density at radius 1 is 1.12 bits per heavy atom. The van der Waals surface area contributed by atoms with Crippen molar-refractivity contribution in [3.05, 3.63) is 46.2 Å². The largest absolute Gasteiger partial charge is 0.493 e. The van der Waals surface area contributed by atoms with Crippen LogP contribution in [0.15, 0.2) is 35.7 Å². The fourth-order valence-corrected chi connectivity index (χ4v) is 2.21.